The van der Waals surface area contributed by atoms with Gasteiger partial charge in [0.2, 0.25) is 5.91 Å². The summed E-state index contributed by atoms with van der Waals surface area (Å²) in [6, 6.07) is 0.338. The summed E-state index contributed by atoms with van der Waals surface area (Å²) in [5.41, 5.74) is 5.77. The lowest BCUT2D eigenvalue weighted by Gasteiger charge is -2.25. The Hall–Kier alpha value is -0.570. The molecule has 0 aromatic heterocycles. The van der Waals surface area contributed by atoms with Crippen LogP contribution in [0.5, 0.6) is 0 Å². The highest BCUT2D eigenvalue weighted by atomic mass is 16.2. The van der Waals surface area contributed by atoms with Gasteiger partial charge in [0.25, 0.3) is 0 Å². The first-order chi connectivity index (χ1) is 8.81. The van der Waals surface area contributed by atoms with Gasteiger partial charge < -0.3 is 10.6 Å². The molecule has 1 saturated heterocycles. The Kier molecular flexibility index (Phi) is 3.60. The fraction of sp³-hybridized carbons (Fsp3) is 0.933. The molecule has 1 aliphatic heterocycles. The second kappa shape index (κ2) is 5.20. The number of nitrogens with zero attached hydrogens (tertiary/aromatic N) is 1. The van der Waals surface area contributed by atoms with Crippen molar-refractivity contribution in [1.29, 1.82) is 0 Å². The van der Waals surface area contributed by atoms with E-state index in [1.807, 2.05) is 0 Å². The first kappa shape index (κ1) is 12.5. The minimum Gasteiger partial charge on any atom is -0.338 e. The summed E-state index contributed by atoms with van der Waals surface area (Å²) in [6.07, 6.45) is 10.3. The molecule has 102 valence electrons. The van der Waals surface area contributed by atoms with E-state index in [4.69, 9.17) is 5.73 Å². The van der Waals surface area contributed by atoms with Crippen molar-refractivity contribution in [3.05, 3.63) is 0 Å². The van der Waals surface area contributed by atoms with E-state index in [9.17, 15) is 4.79 Å². The zero-order chi connectivity index (χ0) is 12.5. The van der Waals surface area contributed by atoms with E-state index in [0.29, 0.717) is 24.4 Å². The van der Waals surface area contributed by atoms with Crippen LogP contribution in [0, 0.1) is 17.8 Å². The zero-order valence-corrected chi connectivity index (χ0v) is 11.3. The average molecular weight is 250 g/mol. The Balaban J connectivity index is 1.55. The summed E-state index contributed by atoms with van der Waals surface area (Å²) < 4.78 is 0. The van der Waals surface area contributed by atoms with Gasteiger partial charge in [-0.25, -0.2) is 0 Å². The van der Waals surface area contributed by atoms with Crippen LogP contribution in [0.3, 0.4) is 0 Å². The van der Waals surface area contributed by atoms with Gasteiger partial charge in [-0.2, -0.15) is 0 Å². The van der Waals surface area contributed by atoms with E-state index < -0.39 is 0 Å². The number of rotatable bonds is 3. The van der Waals surface area contributed by atoms with E-state index in [1.165, 1.54) is 32.1 Å². The standard InChI is InChI=1S/C15H26N2O/c16-10-12-7-4-8-17(12)15(18)14-9-13(14)11-5-2-1-3-6-11/h11-14H,1-10,16H2. The Morgan fingerprint density at radius 3 is 2.61 bits per heavy atom. The van der Waals surface area contributed by atoms with Crippen molar-refractivity contribution in [3.63, 3.8) is 0 Å². The third kappa shape index (κ3) is 2.29. The van der Waals surface area contributed by atoms with Gasteiger partial charge in [0.15, 0.2) is 0 Å². The molecule has 0 bridgehead atoms. The molecule has 0 spiro atoms. The Bertz CT molecular complexity index is 312. The molecular formula is C15H26N2O. The van der Waals surface area contributed by atoms with E-state index in [2.05, 4.69) is 4.90 Å². The maximum Gasteiger partial charge on any atom is 0.226 e. The number of carbonyl (C=O) groups excluding carboxylic acids is 1. The average Bonchev–Trinajstić information content (AvgIpc) is 3.08. The highest BCUT2D eigenvalue weighted by molar-refractivity contribution is 5.82. The highest BCUT2D eigenvalue weighted by Gasteiger charge is 2.49. The van der Waals surface area contributed by atoms with Crippen molar-refractivity contribution < 1.29 is 4.79 Å². The third-order valence-electron chi connectivity index (χ3n) is 5.34. The van der Waals surface area contributed by atoms with Gasteiger partial charge in [-0.05, 0) is 31.1 Å². The Morgan fingerprint density at radius 1 is 1.11 bits per heavy atom. The first-order valence-corrected chi connectivity index (χ1v) is 7.82. The maximum absolute atomic E-state index is 12.5. The summed E-state index contributed by atoms with van der Waals surface area (Å²) in [4.78, 5) is 14.6. The topological polar surface area (TPSA) is 46.3 Å². The fourth-order valence-corrected chi connectivity index (χ4v) is 4.17. The molecule has 3 aliphatic rings. The van der Waals surface area contributed by atoms with Crippen molar-refractivity contribution in [3.8, 4) is 0 Å². The van der Waals surface area contributed by atoms with Crippen LogP contribution in [-0.4, -0.2) is 29.9 Å². The highest BCUT2D eigenvalue weighted by Crippen LogP contribution is 2.50. The summed E-state index contributed by atoms with van der Waals surface area (Å²) in [5.74, 6) is 2.36. The zero-order valence-electron chi connectivity index (χ0n) is 11.3. The quantitative estimate of drug-likeness (QED) is 0.834. The Labute approximate surface area is 110 Å². The van der Waals surface area contributed by atoms with E-state index in [1.54, 1.807) is 0 Å². The van der Waals surface area contributed by atoms with Crippen LogP contribution >= 0.6 is 0 Å². The summed E-state index contributed by atoms with van der Waals surface area (Å²) >= 11 is 0. The lowest BCUT2D eigenvalue weighted by atomic mass is 9.85. The number of likely N-dealkylation sites (tertiary alicyclic amines) is 1. The van der Waals surface area contributed by atoms with Crippen LogP contribution in [0.2, 0.25) is 0 Å². The van der Waals surface area contributed by atoms with E-state index >= 15 is 0 Å². The van der Waals surface area contributed by atoms with Gasteiger partial charge in [0, 0.05) is 25.0 Å². The number of carbonyl (C=O) groups is 1. The van der Waals surface area contributed by atoms with Gasteiger partial charge in [-0.1, -0.05) is 32.1 Å². The molecule has 2 N–H and O–H groups in total. The third-order valence-corrected chi connectivity index (χ3v) is 5.34. The number of hydrogen-bond donors (Lipinski definition) is 1. The van der Waals surface area contributed by atoms with E-state index in [0.717, 1.165) is 37.6 Å². The van der Waals surface area contributed by atoms with Gasteiger partial charge in [0.05, 0.1) is 0 Å². The monoisotopic (exact) mass is 250 g/mol. The molecular weight excluding hydrogens is 224 g/mol. The van der Waals surface area contributed by atoms with Crippen LogP contribution in [0.4, 0.5) is 0 Å². The SMILES string of the molecule is NCC1CCCN1C(=O)C1CC1C1CCCCC1. The molecule has 1 amide bonds. The second-order valence-corrected chi connectivity index (χ2v) is 6.47. The van der Waals surface area contributed by atoms with Gasteiger partial charge >= 0.3 is 0 Å². The van der Waals surface area contributed by atoms with Crippen LogP contribution in [0.25, 0.3) is 0 Å². The summed E-state index contributed by atoms with van der Waals surface area (Å²) in [5, 5.41) is 0. The summed E-state index contributed by atoms with van der Waals surface area (Å²) in [7, 11) is 0. The minimum absolute atomic E-state index is 0.338. The lowest BCUT2D eigenvalue weighted by Crippen LogP contribution is -2.41. The predicted octanol–water partition coefficient (Wildman–Crippen LogP) is 2.15. The van der Waals surface area contributed by atoms with Crippen LogP contribution in [-0.2, 0) is 4.79 Å². The van der Waals surface area contributed by atoms with Crippen molar-refractivity contribution >= 4 is 5.91 Å². The van der Waals surface area contributed by atoms with Crippen molar-refractivity contribution in [2.45, 2.75) is 57.4 Å². The fourth-order valence-electron chi connectivity index (χ4n) is 4.17. The maximum atomic E-state index is 12.5. The van der Waals surface area contributed by atoms with Crippen molar-refractivity contribution in [2.24, 2.45) is 23.5 Å². The number of hydrogen-bond acceptors (Lipinski definition) is 2. The number of amides is 1. The van der Waals surface area contributed by atoms with Gasteiger partial charge in [-0.15, -0.1) is 0 Å². The number of nitrogens with two attached hydrogens (primary N) is 1. The smallest absolute Gasteiger partial charge is 0.226 e. The molecule has 3 atom stereocenters. The molecule has 2 saturated carbocycles. The second-order valence-electron chi connectivity index (χ2n) is 6.47. The molecule has 1 heterocycles. The largest absolute Gasteiger partial charge is 0.338 e. The normalized spacial score (nSPS) is 36.9. The molecule has 0 radical (unpaired) electrons. The Morgan fingerprint density at radius 2 is 1.89 bits per heavy atom. The molecule has 0 aromatic carbocycles. The van der Waals surface area contributed by atoms with E-state index in [-0.39, 0.29) is 0 Å². The lowest BCUT2D eigenvalue weighted by molar-refractivity contribution is -0.133. The first-order valence-electron chi connectivity index (χ1n) is 7.82. The summed E-state index contributed by atoms with van der Waals surface area (Å²) in [6.45, 7) is 1.60. The molecule has 0 aromatic rings. The van der Waals surface area contributed by atoms with Crippen molar-refractivity contribution in [2.75, 3.05) is 13.1 Å². The molecule has 3 unspecified atom stereocenters. The minimum atomic E-state index is 0.338. The van der Waals surface area contributed by atoms with Crippen LogP contribution < -0.4 is 5.73 Å². The molecule has 3 nitrogen and oxygen atoms in total. The molecule has 3 rings (SSSR count). The molecule has 18 heavy (non-hydrogen) atoms. The van der Waals surface area contributed by atoms with Crippen LogP contribution in [0.15, 0.2) is 0 Å². The molecule has 3 heteroatoms. The predicted molar refractivity (Wildman–Crippen MR) is 72.0 cm³/mol. The van der Waals surface area contributed by atoms with Crippen LogP contribution in [0.1, 0.15) is 51.4 Å². The van der Waals surface area contributed by atoms with Gasteiger partial charge in [-0.3, -0.25) is 4.79 Å². The van der Waals surface area contributed by atoms with Crippen molar-refractivity contribution in [1.82, 2.24) is 4.90 Å². The molecule has 3 fully saturated rings. The van der Waals surface area contributed by atoms with Gasteiger partial charge in [0.1, 0.15) is 0 Å². The molecule has 2 aliphatic carbocycles.